The van der Waals surface area contributed by atoms with Crippen molar-refractivity contribution in [3.8, 4) is 11.5 Å². The van der Waals surface area contributed by atoms with Crippen LogP contribution in [0, 0.1) is 0 Å². The minimum Gasteiger partial charge on any atom is -0.508 e. The maximum absolute atomic E-state index is 8.63. The summed E-state index contributed by atoms with van der Waals surface area (Å²) in [5.41, 5.74) is 0. The van der Waals surface area contributed by atoms with E-state index in [-0.39, 0.29) is 0 Å². The lowest BCUT2D eigenvalue weighted by Gasteiger charge is -2.03. The molecule has 0 aliphatic carbocycles. The first kappa shape index (κ1) is 25.0. The Morgan fingerprint density at radius 3 is 1.19 bits per heavy atom. The fourth-order valence-corrected chi connectivity index (χ4v) is 2.22. The Morgan fingerprint density at radius 2 is 0.926 bits per heavy atom. The van der Waals surface area contributed by atoms with Crippen molar-refractivity contribution >= 4 is 0 Å². The molecule has 2 rings (SSSR count). The normalized spacial score (nSPS) is 9.56. The van der Waals surface area contributed by atoms with Gasteiger partial charge in [-0.05, 0) is 37.1 Å². The molecule has 0 amide bonds. The van der Waals surface area contributed by atoms with E-state index < -0.39 is 0 Å². The Morgan fingerprint density at radius 1 is 0.556 bits per heavy atom. The van der Waals surface area contributed by atoms with Gasteiger partial charge in [0.05, 0.1) is 0 Å². The molecule has 3 heteroatoms. The van der Waals surface area contributed by atoms with Crippen molar-refractivity contribution in [1.82, 2.24) is 0 Å². The second kappa shape index (κ2) is 20.3. The van der Waals surface area contributed by atoms with Gasteiger partial charge in [-0.15, -0.1) is 0 Å². The molecule has 2 aromatic rings. The highest BCUT2D eigenvalue weighted by atomic mass is 16.5. The van der Waals surface area contributed by atoms with Crippen molar-refractivity contribution in [2.24, 2.45) is 0 Å². The molecule has 0 aliphatic rings. The van der Waals surface area contributed by atoms with Gasteiger partial charge in [0.2, 0.25) is 0 Å². The van der Waals surface area contributed by atoms with Crippen molar-refractivity contribution in [3.05, 3.63) is 60.7 Å². The van der Waals surface area contributed by atoms with Crippen LogP contribution in [0.25, 0.3) is 0 Å². The molecule has 2 aromatic carbocycles. The topological polar surface area (TPSA) is 49.7 Å². The summed E-state index contributed by atoms with van der Waals surface area (Å²) in [5.74, 6) is 0.644. The third-order valence-corrected chi connectivity index (χ3v) is 3.80. The van der Waals surface area contributed by atoms with Crippen LogP contribution in [0.5, 0.6) is 11.5 Å². The minimum absolute atomic E-state index is 0.322. The maximum Gasteiger partial charge on any atom is 0.115 e. The molecule has 0 spiro atoms. The van der Waals surface area contributed by atoms with Gasteiger partial charge in [0.25, 0.3) is 0 Å². The van der Waals surface area contributed by atoms with Gasteiger partial charge in [-0.25, -0.2) is 0 Å². The molecule has 0 saturated carbocycles. The summed E-state index contributed by atoms with van der Waals surface area (Å²) in [5, 5.41) is 17.3. The first-order valence-electron chi connectivity index (χ1n) is 10.3. The molecular formula is C24H38O3. The number of phenolic OH excluding ortho intramolecular Hbond substituents is 2. The van der Waals surface area contributed by atoms with E-state index in [9.17, 15) is 0 Å². The highest BCUT2D eigenvalue weighted by Gasteiger charge is 1.90. The second-order valence-corrected chi connectivity index (χ2v) is 6.40. The fraction of sp³-hybridized carbons (Fsp3) is 0.500. The second-order valence-electron chi connectivity index (χ2n) is 6.40. The molecule has 0 saturated heterocycles. The number of hydrogen-bond acceptors (Lipinski definition) is 3. The Kier molecular flexibility index (Phi) is 18.8. The summed E-state index contributed by atoms with van der Waals surface area (Å²) in [6.45, 7) is 6.44. The molecule has 0 heterocycles. The summed E-state index contributed by atoms with van der Waals surface area (Å²) < 4.78 is 5.53. The predicted octanol–water partition coefficient (Wildman–Crippen LogP) is 6.95. The van der Waals surface area contributed by atoms with E-state index in [1.165, 1.54) is 51.4 Å². The van der Waals surface area contributed by atoms with Gasteiger partial charge in [-0.3, -0.25) is 0 Å². The van der Waals surface area contributed by atoms with Gasteiger partial charge in [0, 0.05) is 13.2 Å². The lowest BCUT2D eigenvalue weighted by Crippen LogP contribution is -1.96. The summed E-state index contributed by atoms with van der Waals surface area (Å²) >= 11 is 0. The van der Waals surface area contributed by atoms with Crippen LogP contribution in [-0.4, -0.2) is 23.4 Å². The number of aromatic hydroxyl groups is 2. The summed E-state index contributed by atoms with van der Waals surface area (Å²) in [6, 6.07) is 17.4. The highest BCUT2D eigenvalue weighted by molar-refractivity contribution is 5.19. The molecule has 0 aromatic heterocycles. The average molecular weight is 375 g/mol. The molecule has 27 heavy (non-hydrogen) atoms. The number of phenols is 2. The van der Waals surface area contributed by atoms with E-state index in [0.29, 0.717) is 11.5 Å². The minimum atomic E-state index is 0.322. The van der Waals surface area contributed by atoms with Gasteiger partial charge in [0.15, 0.2) is 0 Å². The van der Waals surface area contributed by atoms with E-state index in [1.54, 1.807) is 48.5 Å². The predicted molar refractivity (Wildman–Crippen MR) is 115 cm³/mol. The Balaban J connectivity index is 0.000000405. The van der Waals surface area contributed by atoms with Gasteiger partial charge in [-0.1, -0.05) is 88.8 Å². The number of unbranched alkanes of at least 4 members (excludes halogenated alkanes) is 6. The Bertz CT molecular complexity index is 452. The van der Waals surface area contributed by atoms with E-state index in [2.05, 4.69) is 13.8 Å². The Hall–Kier alpha value is -2.00. The molecule has 0 atom stereocenters. The van der Waals surface area contributed by atoms with Crippen LogP contribution in [-0.2, 0) is 4.74 Å². The first-order valence-corrected chi connectivity index (χ1v) is 10.3. The van der Waals surface area contributed by atoms with Crippen LogP contribution in [0.4, 0.5) is 0 Å². The highest BCUT2D eigenvalue weighted by Crippen LogP contribution is 2.04. The van der Waals surface area contributed by atoms with E-state index in [1.807, 2.05) is 12.1 Å². The van der Waals surface area contributed by atoms with Crippen molar-refractivity contribution in [2.75, 3.05) is 13.2 Å². The lowest BCUT2D eigenvalue weighted by atomic mass is 10.2. The quantitative estimate of drug-likeness (QED) is 0.442. The molecular weight excluding hydrogens is 336 g/mol. The van der Waals surface area contributed by atoms with Crippen molar-refractivity contribution in [1.29, 1.82) is 0 Å². The molecule has 2 N–H and O–H groups in total. The van der Waals surface area contributed by atoms with Crippen molar-refractivity contribution < 1.29 is 14.9 Å². The smallest absolute Gasteiger partial charge is 0.115 e. The Labute approximate surface area is 166 Å². The third kappa shape index (κ3) is 20.2. The number of benzene rings is 2. The molecule has 152 valence electrons. The zero-order valence-corrected chi connectivity index (χ0v) is 17.1. The van der Waals surface area contributed by atoms with Crippen LogP contribution in [0.2, 0.25) is 0 Å². The number of hydrogen-bond donors (Lipinski definition) is 2. The largest absolute Gasteiger partial charge is 0.508 e. The van der Waals surface area contributed by atoms with Crippen LogP contribution in [0.3, 0.4) is 0 Å². The van der Waals surface area contributed by atoms with Crippen LogP contribution in [0.15, 0.2) is 60.7 Å². The number of para-hydroxylation sites is 2. The molecule has 0 aliphatic heterocycles. The average Bonchev–Trinajstić information content (AvgIpc) is 2.69. The number of ether oxygens (including phenoxy) is 1. The molecule has 0 unspecified atom stereocenters. The maximum atomic E-state index is 8.63. The van der Waals surface area contributed by atoms with Gasteiger partial charge < -0.3 is 14.9 Å². The van der Waals surface area contributed by atoms with Gasteiger partial charge in [-0.2, -0.15) is 0 Å². The zero-order chi connectivity index (χ0) is 20.0. The van der Waals surface area contributed by atoms with Gasteiger partial charge >= 0.3 is 0 Å². The molecule has 0 fully saturated rings. The summed E-state index contributed by atoms with van der Waals surface area (Å²) in [4.78, 5) is 0. The van der Waals surface area contributed by atoms with Crippen LogP contribution < -0.4 is 0 Å². The molecule has 0 bridgehead atoms. The summed E-state index contributed by atoms with van der Waals surface area (Å²) in [6.07, 6.45) is 10.5. The number of rotatable bonds is 10. The van der Waals surface area contributed by atoms with Crippen LogP contribution >= 0.6 is 0 Å². The van der Waals surface area contributed by atoms with Gasteiger partial charge in [0.1, 0.15) is 11.5 Å². The van der Waals surface area contributed by atoms with E-state index >= 15 is 0 Å². The van der Waals surface area contributed by atoms with E-state index in [4.69, 9.17) is 14.9 Å². The molecule has 3 nitrogen and oxygen atoms in total. The summed E-state index contributed by atoms with van der Waals surface area (Å²) in [7, 11) is 0. The van der Waals surface area contributed by atoms with E-state index in [0.717, 1.165) is 13.2 Å². The zero-order valence-electron chi connectivity index (χ0n) is 17.1. The van der Waals surface area contributed by atoms with Crippen LogP contribution in [0.1, 0.15) is 65.2 Å². The lowest BCUT2D eigenvalue weighted by molar-refractivity contribution is 0.126. The fourth-order valence-electron chi connectivity index (χ4n) is 2.22. The standard InChI is InChI=1S/C12H26O.2C6H6O/c1-3-5-7-9-11-13-12-10-8-6-4-2;2*7-6-4-2-1-3-5-6/h3-12H2,1-2H3;2*1-5,7H. The molecule has 0 radical (unpaired) electrons. The SMILES string of the molecule is CCCCCCOCCCCCC.Oc1ccccc1.Oc1ccccc1. The first-order chi connectivity index (χ1) is 13.2. The van der Waals surface area contributed by atoms with Crippen molar-refractivity contribution in [3.63, 3.8) is 0 Å². The van der Waals surface area contributed by atoms with Crippen molar-refractivity contribution in [2.45, 2.75) is 65.2 Å². The monoisotopic (exact) mass is 374 g/mol. The third-order valence-electron chi connectivity index (χ3n) is 3.80.